The Morgan fingerprint density at radius 2 is 2.18 bits per heavy atom. The topological polar surface area (TPSA) is 71.3 Å². The van der Waals surface area contributed by atoms with Gasteiger partial charge in [0.1, 0.15) is 5.82 Å². The Bertz CT molecular complexity index is 852. The zero-order valence-corrected chi connectivity index (χ0v) is 15.4. The molecule has 0 aliphatic carbocycles. The van der Waals surface area contributed by atoms with Gasteiger partial charge in [-0.2, -0.15) is 18.2 Å². The van der Waals surface area contributed by atoms with Gasteiger partial charge < -0.3 is 9.84 Å². The first-order valence-electron chi connectivity index (χ1n) is 8.91. The zero-order valence-electron chi connectivity index (χ0n) is 15.4. The fourth-order valence-electron chi connectivity index (χ4n) is 3.25. The molecule has 2 unspecified atom stereocenters. The van der Waals surface area contributed by atoms with Crippen LogP contribution in [0.5, 0.6) is 0 Å². The molecule has 0 radical (unpaired) electrons. The molecule has 2 atom stereocenters. The van der Waals surface area contributed by atoms with Crippen LogP contribution in [0.3, 0.4) is 0 Å². The second-order valence-electron chi connectivity index (χ2n) is 6.98. The maximum absolute atomic E-state index is 14.3. The number of carbonyl (C=O) groups is 1. The predicted octanol–water partition coefficient (Wildman–Crippen LogP) is 3.50. The second kappa shape index (κ2) is 7.86. The number of halogens is 4. The van der Waals surface area contributed by atoms with Crippen LogP contribution in [0.2, 0.25) is 0 Å². The summed E-state index contributed by atoms with van der Waals surface area (Å²) in [7, 11) is 0. The summed E-state index contributed by atoms with van der Waals surface area (Å²) in [6.07, 6.45) is -2.56. The summed E-state index contributed by atoms with van der Waals surface area (Å²) in [5.74, 6) is -3.47. The quantitative estimate of drug-likeness (QED) is 0.778. The third-order valence-corrected chi connectivity index (χ3v) is 4.72. The molecule has 1 saturated heterocycles. The number of rotatable bonds is 5. The fourth-order valence-corrected chi connectivity index (χ4v) is 3.25. The van der Waals surface area contributed by atoms with Crippen molar-refractivity contribution in [2.24, 2.45) is 0 Å². The third-order valence-electron chi connectivity index (χ3n) is 4.72. The number of alkyl halides is 3. The van der Waals surface area contributed by atoms with Crippen LogP contribution in [0.25, 0.3) is 11.4 Å². The van der Waals surface area contributed by atoms with E-state index in [0.717, 1.165) is 31.5 Å². The van der Waals surface area contributed by atoms with Crippen molar-refractivity contribution in [3.63, 3.8) is 0 Å². The fraction of sp³-hybridized carbons (Fsp3) is 0.500. The molecule has 1 aliphatic rings. The van der Waals surface area contributed by atoms with Gasteiger partial charge in [-0.15, -0.1) is 0 Å². The number of aromatic nitrogens is 2. The van der Waals surface area contributed by atoms with Crippen LogP contribution in [0.15, 0.2) is 22.7 Å². The van der Waals surface area contributed by atoms with Gasteiger partial charge >= 0.3 is 12.1 Å². The van der Waals surface area contributed by atoms with Crippen molar-refractivity contribution >= 4 is 5.91 Å². The molecular formula is C18H20F4N4O2. The van der Waals surface area contributed by atoms with Crippen molar-refractivity contribution < 1.29 is 26.9 Å². The molecule has 0 bridgehead atoms. The van der Waals surface area contributed by atoms with E-state index in [2.05, 4.69) is 31.8 Å². The van der Waals surface area contributed by atoms with Crippen LogP contribution in [0, 0.1) is 5.82 Å². The van der Waals surface area contributed by atoms with Crippen LogP contribution >= 0.6 is 0 Å². The van der Waals surface area contributed by atoms with Crippen LogP contribution in [0.1, 0.15) is 42.9 Å². The van der Waals surface area contributed by atoms with Gasteiger partial charge in [-0.25, -0.2) is 4.39 Å². The number of hydrogen-bond acceptors (Lipinski definition) is 5. The Kier molecular flexibility index (Phi) is 5.69. The highest BCUT2D eigenvalue weighted by molar-refractivity contribution is 5.94. The minimum Gasteiger partial charge on any atom is -0.348 e. The third kappa shape index (κ3) is 4.49. The van der Waals surface area contributed by atoms with Crippen molar-refractivity contribution in [3.8, 4) is 11.4 Å². The highest BCUT2D eigenvalue weighted by atomic mass is 19.4. The van der Waals surface area contributed by atoms with Crippen molar-refractivity contribution in [1.82, 2.24) is 20.4 Å². The maximum Gasteiger partial charge on any atom is 0.471 e. The van der Waals surface area contributed by atoms with Gasteiger partial charge in [0.2, 0.25) is 5.82 Å². The molecule has 1 aromatic carbocycles. The summed E-state index contributed by atoms with van der Waals surface area (Å²) in [5.41, 5.74) is -0.225. The molecule has 1 fully saturated rings. The van der Waals surface area contributed by atoms with E-state index in [-0.39, 0.29) is 17.2 Å². The molecule has 1 aromatic heterocycles. The van der Waals surface area contributed by atoms with E-state index in [1.54, 1.807) is 0 Å². The SMILES string of the molecule is CC(CN1CCCC1C)NC(=O)c1ccc(-c2noc(C(F)(F)F)n2)c(F)c1. The number of amides is 1. The Balaban J connectivity index is 1.67. The number of benzene rings is 1. The lowest BCUT2D eigenvalue weighted by Crippen LogP contribution is -2.43. The lowest BCUT2D eigenvalue weighted by Gasteiger charge is -2.25. The number of nitrogens with one attached hydrogen (secondary N) is 1. The van der Waals surface area contributed by atoms with Gasteiger partial charge in [-0.3, -0.25) is 9.69 Å². The van der Waals surface area contributed by atoms with Gasteiger partial charge in [0.15, 0.2) is 0 Å². The highest BCUT2D eigenvalue weighted by Crippen LogP contribution is 2.30. The van der Waals surface area contributed by atoms with E-state index < -0.39 is 29.6 Å². The lowest BCUT2D eigenvalue weighted by molar-refractivity contribution is -0.159. The number of likely N-dealkylation sites (tertiary alicyclic amines) is 1. The Hall–Kier alpha value is -2.49. The lowest BCUT2D eigenvalue weighted by atomic mass is 10.1. The first-order chi connectivity index (χ1) is 13.1. The zero-order chi connectivity index (χ0) is 20.5. The molecule has 152 valence electrons. The van der Waals surface area contributed by atoms with Gasteiger partial charge in [-0.1, -0.05) is 5.16 Å². The van der Waals surface area contributed by atoms with Gasteiger partial charge in [0.25, 0.3) is 5.91 Å². The summed E-state index contributed by atoms with van der Waals surface area (Å²) in [4.78, 5) is 17.8. The van der Waals surface area contributed by atoms with Crippen LogP contribution in [-0.4, -0.2) is 46.1 Å². The van der Waals surface area contributed by atoms with E-state index in [1.807, 2.05) is 6.92 Å². The van der Waals surface area contributed by atoms with E-state index in [9.17, 15) is 22.4 Å². The summed E-state index contributed by atoms with van der Waals surface area (Å²) in [5, 5.41) is 5.96. The molecule has 3 rings (SSSR count). The molecule has 0 saturated carbocycles. The molecule has 2 aromatic rings. The van der Waals surface area contributed by atoms with E-state index in [1.165, 1.54) is 6.07 Å². The van der Waals surface area contributed by atoms with E-state index >= 15 is 0 Å². The molecule has 10 heteroatoms. The van der Waals surface area contributed by atoms with Gasteiger partial charge in [-0.05, 0) is 51.4 Å². The average Bonchev–Trinajstić information content (AvgIpc) is 3.24. The summed E-state index contributed by atoms with van der Waals surface area (Å²) < 4.78 is 56.0. The van der Waals surface area contributed by atoms with Crippen LogP contribution < -0.4 is 5.32 Å². The number of carbonyl (C=O) groups excluding carboxylic acids is 1. The maximum atomic E-state index is 14.3. The standard InChI is InChI=1S/C18H20F4N4O2/c1-10(9-26-7-3-4-11(26)2)23-16(27)12-5-6-13(14(19)8-12)15-24-17(28-25-15)18(20,21)22/h5-6,8,10-11H,3-4,7,9H2,1-2H3,(H,23,27). The molecule has 1 amide bonds. The minimum atomic E-state index is -4.81. The van der Waals surface area contributed by atoms with Crippen LogP contribution in [0.4, 0.5) is 17.6 Å². The number of hydrogen-bond donors (Lipinski definition) is 1. The van der Waals surface area contributed by atoms with Crippen LogP contribution in [-0.2, 0) is 6.18 Å². The summed E-state index contributed by atoms with van der Waals surface area (Å²) in [6, 6.07) is 3.74. The molecule has 28 heavy (non-hydrogen) atoms. The second-order valence-corrected chi connectivity index (χ2v) is 6.98. The van der Waals surface area contributed by atoms with Gasteiger partial charge in [0, 0.05) is 24.2 Å². The largest absolute Gasteiger partial charge is 0.471 e. The summed E-state index contributed by atoms with van der Waals surface area (Å²) >= 11 is 0. The van der Waals surface area contributed by atoms with Crippen molar-refractivity contribution in [2.45, 2.75) is 44.9 Å². The average molecular weight is 400 g/mol. The normalized spacial score (nSPS) is 19.0. The molecule has 0 spiro atoms. The Morgan fingerprint density at radius 3 is 2.75 bits per heavy atom. The predicted molar refractivity (Wildman–Crippen MR) is 91.9 cm³/mol. The van der Waals surface area contributed by atoms with Gasteiger partial charge in [0.05, 0.1) is 5.56 Å². The molecule has 6 nitrogen and oxygen atoms in total. The Labute approximate surface area is 158 Å². The smallest absolute Gasteiger partial charge is 0.348 e. The first kappa shape index (κ1) is 20.2. The first-order valence-corrected chi connectivity index (χ1v) is 8.91. The number of nitrogens with zero attached hydrogens (tertiary/aromatic N) is 3. The van der Waals surface area contributed by atoms with Crippen molar-refractivity contribution in [1.29, 1.82) is 0 Å². The molecule has 1 aliphatic heterocycles. The minimum absolute atomic E-state index is 0.0575. The Morgan fingerprint density at radius 1 is 1.43 bits per heavy atom. The molecule has 1 N–H and O–H groups in total. The van der Waals surface area contributed by atoms with E-state index in [0.29, 0.717) is 12.6 Å². The van der Waals surface area contributed by atoms with Crippen molar-refractivity contribution in [2.75, 3.05) is 13.1 Å². The molecule has 2 heterocycles. The van der Waals surface area contributed by atoms with Crippen molar-refractivity contribution in [3.05, 3.63) is 35.5 Å². The highest BCUT2D eigenvalue weighted by Gasteiger charge is 2.38. The molecular weight excluding hydrogens is 380 g/mol. The monoisotopic (exact) mass is 400 g/mol. The summed E-state index contributed by atoms with van der Waals surface area (Å²) in [6.45, 7) is 5.68. The van der Waals surface area contributed by atoms with E-state index in [4.69, 9.17) is 0 Å².